The zero-order chi connectivity index (χ0) is 15.0. The molecule has 1 heterocycles. The molecule has 112 valence electrons. The van der Waals surface area contributed by atoms with Crippen LogP contribution in [0.3, 0.4) is 0 Å². The third-order valence-electron chi connectivity index (χ3n) is 4.73. The van der Waals surface area contributed by atoms with Crippen LogP contribution in [0.5, 0.6) is 0 Å². The second-order valence-electron chi connectivity index (χ2n) is 5.95. The number of benzene rings is 1. The molecule has 1 aromatic carbocycles. The standard InChI is InChI=1S/C16H20N2O3/c1-21-16(20)11-4-2-3-10(7-11)15(19)18-8-12-5-6-14(17)13(12)9-18/h2-4,7,12-14H,5-6,8-9,17H2,1H3. The summed E-state index contributed by atoms with van der Waals surface area (Å²) in [6.45, 7) is 1.51. The maximum absolute atomic E-state index is 12.6. The first-order chi connectivity index (χ1) is 10.1. The Bertz CT molecular complexity index is 572. The molecule has 1 saturated heterocycles. The molecule has 21 heavy (non-hydrogen) atoms. The summed E-state index contributed by atoms with van der Waals surface area (Å²) in [5.41, 5.74) is 7.04. The minimum Gasteiger partial charge on any atom is -0.465 e. The largest absolute Gasteiger partial charge is 0.465 e. The number of hydrogen-bond acceptors (Lipinski definition) is 4. The predicted molar refractivity (Wildman–Crippen MR) is 77.9 cm³/mol. The van der Waals surface area contributed by atoms with E-state index in [1.165, 1.54) is 7.11 Å². The number of esters is 1. The number of rotatable bonds is 2. The highest BCUT2D eigenvalue weighted by Gasteiger charge is 2.42. The van der Waals surface area contributed by atoms with Gasteiger partial charge in [0, 0.05) is 24.7 Å². The molecule has 3 unspecified atom stereocenters. The van der Waals surface area contributed by atoms with Crippen molar-refractivity contribution in [3.05, 3.63) is 35.4 Å². The summed E-state index contributed by atoms with van der Waals surface area (Å²) in [5, 5.41) is 0. The molecule has 3 rings (SSSR count). The van der Waals surface area contributed by atoms with Crippen molar-refractivity contribution in [2.24, 2.45) is 17.6 Å². The Balaban J connectivity index is 1.76. The van der Waals surface area contributed by atoms with E-state index in [0.717, 1.165) is 25.9 Å². The normalized spacial score (nSPS) is 27.5. The zero-order valence-corrected chi connectivity index (χ0v) is 12.1. The summed E-state index contributed by atoms with van der Waals surface area (Å²) in [7, 11) is 1.33. The highest BCUT2D eigenvalue weighted by molar-refractivity contribution is 5.98. The van der Waals surface area contributed by atoms with Crippen molar-refractivity contribution in [3.63, 3.8) is 0 Å². The summed E-state index contributed by atoms with van der Waals surface area (Å²) < 4.78 is 4.69. The third-order valence-corrected chi connectivity index (χ3v) is 4.73. The number of likely N-dealkylation sites (tertiary alicyclic amines) is 1. The van der Waals surface area contributed by atoms with Crippen LogP contribution in [0.4, 0.5) is 0 Å². The van der Waals surface area contributed by atoms with Gasteiger partial charge < -0.3 is 15.4 Å². The van der Waals surface area contributed by atoms with Gasteiger partial charge >= 0.3 is 5.97 Å². The minimum atomic E-state index is -0.426. The van der Waals surface area contributed by atoms with E-state index in [-0.39, 0.29) is 11.9 Å². The Morgan fingerprint density at radius 2 is 2.00 bits per heavy atom. The summed E-state index contributed by atoms with van der Waals surface area (Å²) in [5.74, 6) is 0.512. The summed E-state index contributed by atoms with van der Waals surface area (Å²) >= 11 is 0. The van der Waals surface area contributed by atoms with Crippen LogP contribution in [-0.2, 0) is 4.74 Å². The molecule has 0 aromatic heterocycles. The van der Waals surface area contributed by atoms with Gasteiger partial charge in [0.05, 0.1) is 12.7 Å². The van der Waals surface area contributed by atoms with Crippen molar-refractivity contribution in [2.45, 2.75) is 18.9 Å². The van der Waals surface area contributed by atoms with Gasteiger partial charge in [-0.2, -0.15) is 0 Å². The fourth-order valence-corrected chi connectivity index (χ4v) is 3.55. The van der Waals surface area contributed by atoms with Crippen molar-refractivity contribution in [1.29, 1.82) is 0 Å². The fraction of sp³-hybridized carbons (Fsp3) is 0.500. The minimum absolute atomic E-state index is 0.0256. The lowest BCUT2D eigenvalue weighted by Gasteiger charge is -2.19. The molecule has 2 N–H and O–H groups in total. The molecule has 0 radical (unpaired) electrons. The third kappa shape index (κ3) is 2.53. The van der Waals surface area contributed by atoms with Gasteiger partial charge in [-0.1, -0.05) is 6.07 Å². The molecular weight excluding hydrogens is 268 g/mol. The van der Waals surface area contributed by atoms with Crippen LogP contribution < -0.4 is 5.73 Å². The van der Waals surface area contributed by atoms with Crippen molar-refractivity contribution in [3.8, 4) is 0 Å². The van der Waals surface area contributed by atoms with E-state index in [1.807, 2.05) is 4.90 Å². The zero-order valence-electron chi connectivity index (χ0n) is 12.1. The number of ether oxygens (including phenoxy) is 1. The van der Waals surface area contributed by atoms with E-state index in [0.29, 0.717) is 23.0 Å². The number of nitrogens with zero attached hydrogens (tertiary/aromatic N) is 1. The number of nitrogens with two attached hydrogens (primary N) is 1. The van der Waals surface area contributed by atoms with Gasteiger partial charge in [0.25, 0.3) is 5.91 Å². The lowest BCUT2D eigenvalue weighted by atomic mass is 9.98. The first kappa shape index (κ1) is 14.1. The van der Waals surface area contributed by atoms with E-state index < -0.39 is 5.97 Å². The number of carbonyl (C=O) groups is 2. The molecule has 3 atom stereocenters. The first-order valence-electron chi connectivity index (χ1n) is 7.33. The average molecular weight is 288 g/mol. The second-order valence-corrected chi connectivity index (χ2v) is 5.95. The Hall–Kier alpha value is -1.88. The van der Waals surface area contributed by atoms with E-state index in [4.69, 9.17) is 10.5 Å². The van der Waals surface area contributed by atoms with Crippen molar-refractivity contribution >= 4 is 11.9 Å². The SMILES string of the molecule is COC(=O)c1cccc(C(=O)N2CC3CCC(N)C3C2)c1. The van der Waals surface area contributed by atoms with E-state index in [1.54, 1.807) is 24.3 Å². The summed E-state index contributed by atoms with van der Waals surface area (Å²) in [6, 6.07) is 6.92. The van der Waals surface area contributed by atoms with Crippen LogP contribution >= 0.6 is 0 Å². The van der Waals surface area contributed by atoms with E-state index >= 15 is 0 Å². The number of hydrogen-bond donors (Lipinski definition) is 1. The smallest absolute Gasteiger partial charge is 0.337 e. The lowest BCUT2D eigenvalue weighted by Crippen LogP contribution is -2.33. The van der Waals surface area contributed by atoms with Crippen molar-refractivity contribution in [2.75, 3.05) is 20.2 Å². The van der Waals surface area contributed by atoms with Crippen LogP contribution in [0.2, 0.25) is 0 Å². The molecule has 0 spiro atoms. The maximum Gasteiger partial charge on any atom is 0.337 e. The van der Waals surface area contributed by atoms with Crippen LogP contribution in [-0.4, -0.2) is 43.0 Å². The quantitative estimate of drug-likeness (QED) is 0.832. The highest BCUT2D eigenvalue weighted by Crippen LogP contribution is 2.37. The molecule has 1 aliphatic heterocycles. The van der Waals surface area contributed by atoms with Gasteiger partial charge in [-0.15, -0.1) is 0 Å². The van der Waals surface area contributed by atoms with Gasteiger partial charge in [0.15, 0.2) is 0 Å². The molecule has 0 bridgehead atoms. The summed E-state index contributed by atoms with van der Waals surface area (Å²) in [6.07, 6.45) is 2.17. The maximum atomic E-state index is 12.6. The lowest BCUT2D eigenvalue weighted by molar-refractivity contribution is 0.0600. The summed E-state index contributed by atoms with van der Waals surface area (Å²) in [4.78, 5) is 26.0. The molecule has 2 aliphatic rings. The average Bonchev–Trinajstić information content (AvgIpc) is 3.08. The molecule has 1 saturated carbocycles. The molecule has 1 aliphatic carbocycles. The molecule has 5 heteroatoms. The fourth-order valence-electron chi connectivity index (χ4n) is 3.55. The highest BCUT2D eigenvalue weighted by atomic mass is 16.5. The predicted octanol–water partition coefficient (Wildman–Crippen LogP) is 1.28. The molecule has 1 amide bonds. The Kier molecular flexibility index (Phi) is 3.68. The first-order valence-corrected chi connectivity index (χ1v) is 7.33. The topological polar surface area (TPSA) is 72.6 Å². The Morgan fingerprint density at radius 1 is 1.24 bits per heavy atom. The van der Waals surface area contributed by atoms with Crippen LogP contribution in [0.1, 0.15) is 33.6 Å². The van der Waals surface area contributed by atoms with Crippen LogP contribution in [0.25, 0.3) is 0 Å². The molecular formula is C16H20N2O3. The number of amides is 1. The second kappa shape index (κ2) is 5.48. The number of carbonyl (C=O) groups excluding carboxylic acids is 2. The van der Waals surface area contributed by atoms with Gasteiger partial charge in [-0.25, -0.2) is 4.79 Å². The van der Waals surface area contributed by atoms with Crippen molar-refractivity contribution < 1.29 is 14.3 Å². The number of methoxy groups -OCH3 is 1. The molecule has 1 aromatic rings. The monoisotopic (exact) mass is 288 g/mol. The Labute approximate surface area is 124 Å². The van der Waals surface area contributed by atoms with E-state index in [9.17, 15) is 9.59 Å². The molecule has 2 fully saturated rings. The number of fused-ring (bicyclic) bond motifs is 1. The molecule has 5 nitrogen and oxygen atoms in total. The van der Waals surface area contributed by atoms with Gasteiger partial charge in [-0.3, -0.25) is 4.79 Å². The van der Waals surface area contributed by atoms with Crippen LogP contribution in [0, 0.1) is 11.8 Å². The Morgan fingerprint density at radius 3 is 2.71 bits per heavy atom. The van der Waals surface area contributed by atoms with Gasteiger partial charge in [-0.05, 0) is 42.9 Å². The van der Waals surface area contributed by atoms with E-state index in [2.05, 4.69) is 0 Å². The van der Waals surface area contributed by atoms with Gasteiger partial charge in [0.1, 0.15) is 0 Å². The van der Waals surface area contributed by atoms with Gasteiger partial charge in [0.2, 0.25) is 0 Å². The van der Waals surface area contributed by atoms with Crippen LogP contribution in [0.15, 0.2) is 24.3 Å². The van der Waals surface area contributed by atoms with Crippen molar-refractivity contribution in [1.82, 2.24) is 4.90 Å².